The zero-order chi connectivity index (χ0) is 10.7. The van der Waals surface area contributed by atoms with Crippen LogP contribution in [0.3, 0.4) is 0 Å². The molecule has 76 valence electrons. The van der Waals surface area contributed by atoms with Crippen molar-refractivity contribution in [2.75, 3.05) is 12.4 Å². The highest BCUT2D eigenvalue weighted by Crippen LogP contribution is 2.21. The first-order valence-corrected chi connectivity index (χ1v) is 4.64. The lowest BCUT2D eigenvalue weighted by atomic mass is 10.0. The second kappa shape index (κ2) is 4.13. The van der Waals surface area contributed by atoms with Crippen LogP contribution in [0.4, 0.5) is 5.69 Å². The first kappa shape index (κ1) is 10.6. The lowest BCUT2D eigenvalue weighted by Crippen LogP contribution is -2.04. The Bertz CT molecular complexity index is 359. The fraction of sp³-hybridized carbons (Fsp3) is 0.364. The molecule has 0 saturated heterocycles. The fourth-order valence-electron chi connectivity index (χ4n) is 1.52. The number of aryl methyl sites for hydroxylation is 2. The van der Waals surface area contributed by atoms with Gasteiger partial charge in [-0.25, -0.2) is 4.79 Å². The Hall–Kier alpha value is -1.51. The predicted molar refractivity (Wildman–Crippen MR) is 57.1 cm³/mol. The monoisotopic (exact) mass is 193 g/mol. The molecule has 1 aromatic carbocycles. The van der Waals surface area contributed by atoms with E-state index in [-0.39, 0.29) is 0 Å². The molecule has 0 radical (unpaired) electrons. The summed E-state index contributed by atoms with van der Waals surface area (Å²) in [5.74, 6) is -0.873. The highest BCUT2D eigenvalue weighted by atomic mass is 16.4. The number of hydrogen-bond acceptors (Lipinski definition) is 2. The maximum Gasteiger partial charge on any atom is 0.336 e. The van der Waals surface area contributed by atoms with Crippen LogP contribution in [-0.2, 0) is 6.42 Å². The van der Waals surface area contributed by atoms with Crippen LogP contribution >= 0.6 is 0 Å². The molecule has 3 heteroatoms. The second-order valence-electron chi connectivity index (χ2n) is 3.23. The van der Waals surface area contributed by atoms with Crippen LogP contribution in [0.15, 0.2) is 12.1 Å². The van der Waals surface area contributed by atoms with Crippen LogP contribution in [0.1, 0.15) is 28.4 Å². The van der Waals surface area contributed by atoms with Gasteiger partial charge >= 0.3 is 5.97 Å². The Kier molecular flexibility index (Phi) is 3.12. The van der Waals surface area contributed by atoms with Gasteiger partial charge in [-0.1, -0.05) is 13.0 Å². The number of carboxylic acids is 1. The van der Waals surface area contributed by atoms with E-state index < -0.39 is 5.97 Å². The van der Waals surface area contributed by atoms with E-state index in [4.69, 9.17) is 5.11 Å². The minimum absolute atomic E-state index is 0.367. The summed E-state index contributed by atoms with van der Waals surface area (Å²) in [5.41, 5.74) is 3.23. The van der Waals surface area contributed by atoms with Crippen LogP contribution in [0.25, 0.3) is 0 Å². The van der Waals surface area contributed by atoms with Gasteiger partial charge in [-0.05, 0) is 30.5 Å². The first-order valence-electron chi connectivity index (χ1n) is 4.64. The van der Waals surface area contributed by atoms with Crippen molar-refractivity contribution in [2.24, 2.45) is 0 Å². The van der Waals surface area contributed by atoms with Gasteiger partial charge < -0.3 is 10.4 Å². The largest absolute Gasteiger partial charge is 0.478 e. The summed E-state index contributed by atoms with van der Waals surface area (Å²) in [4.78, 5) is 10.9. The molecular formula is C11H15NO2. The van der Waals surface area contributed by atoms with E-state index in [2.05, 4.69) is 12.2 Å². The van der Waals surface area contributed by atoms with E-state index in [0.29, 0.717) is 5.56 Å². The van der Waals surface area contributed by atoms with Gasteiger partial charge in [0.1, 0.15) is 0 Å². The molecule has 0 aliphatic heterocycles. The van der Waals surface area contributed by atoms with Crippen molar-refractivity contribution in [1.29, 1.82) is 0 Å². The summed E-state index contributed by atoms with van der Waals surface area (Å²) < 4.78 is 0. The summed E-state index contributed by atoms with van der Waals surface area (Å²) in [5, 5.41) is 11.9. The zero-order valence-corrected chi connectivity index (χ0v) is 8.72. The molecule has 0 aromatic heterocycles. The number of rotatable bonds is 3. The SMILES string of the molecule is CCc1cc(C)c(C(=O)O)cc1NC. The normalized spacial score (nSPS) is 9.93. The first-order chi connectivity index (χ1) is 6.60. The number of benzene rings is 1. The third-order valence-corrected chi connectivity index (χ3v) is 2.33. The molecule has 1 rings (SSSR count). The summed E-state index contributed by atoms with van der Waals surface area (Å²) >= 11 is 0. The van der Waals surface area contributed by atoms with Crippen LogP contribution in [0, 0.1) is 6.92 Å². The van der Waals surface area contributed by atoms with Gasteiger partial charge in [0.2, 0.25) is 0 Å². The third kappa shape index (κ3) is 1.87. The Morgan fingerprint density at radius 3 is 2.57 bits per heavy atom. The quantitative estimate of drug-likeness (QED) is 0.774. The lowest BCUT2D eigenvalue weighted by Gasteiger charge is -2.10. The van der Waals surface area contributed by atoms with E-state index in [9.17, 15) is 4.79 Å². The number of anilines is 1. The summed E-state index contributed by atoms with van der Waals surface area (Å²) in [6.07, 6.45) is 0.900. The summed E-state index contributed by atoms with van der Waals surface area (Å²) in [6, 6.07) is 3.62. The molecule has 0 unspecified atom stereocenters. The van der Waals surface area contributed by atoms with Gasteiger partial charge in [0, 0.05) is 12.7 Å². The molecule has 1 aromatic rings. The minimum atomic E-state index is -0.873. The van der Waals surface area contributed by atoms with Crippen molar-refractivity contribution in [3.8, 4) is 0 Å². The van der Waals surface area contributed by atoms with Crippen molar-refractivity contribution in [3.05, 3.63) is 28.8 Å². The zero-order valence-electron chi connectivity index (χ0n) is 8.72. The van der Waals surface area contributed by atoms with E-state index in [1.807, 2.05) is 13.0 Å². The number of carboxylic acid groups (broad SMARTS) is 1. The summed E-state index contributed by atoms with van der Waals surface area (Å²) in [6.45, 7) is 3.87. The predicted octanol–water partition coefficient (Wildman–Crippen LogP) is 2.30. The average Bonchev–Trinajstić information content (AvgIpc) is 2.16. The lowest BCUT2D eigenvalue weighted by molar-refractivity contribution is 0.0696. The van der Waals surface area contributed by atoms with E-state index >= 15 is 0 Å². The smallest absolute Gasteiger partial charge is 0.336 e. The molecule has 0 amide bonds. The van der Waals surface area contributed by atoms with Crippen molar-refractivity contribution in [3.63, 3.8) is 0 Å². The molecule has 0 aliphatic carbocycles. The number of carbonyl (C=O) groups is 1. The van der Waals surface area contributed by atoms with Gasteiger partial charge in [0.05, 0.1) is 5.56 Å². The molecule has 0 aliphatic rings. The fourth-order valence-corrected chi connectivity index (χ4v) is 1.52. The van der Waals surface area contributed by atoms with Crippen molar-refractivity contribution < 1.29 is 9.90 Å². The number of nitrogens with one attached hydrogen (secondary N) is 1. The van der Waals surface area contributed by atoms with Gasteiger partial charge in [-0.2, -0.15) is 0 Å². The molecule has 0 fully saturated rings. The van der Waals surface area contributed by atoms with Crippen molar-refractivity contribution in [1.82, 2.24) is 0 Å². The Morgan fingerprint density at radius 2 is 2.14 bits per heavy atom. The highest BCUT2D eigenvalue weighted by Gasteiger charge is 2.10. The standard InChI is InChI=1S/C11H15NO2/c1-4-8-5-7(2)9(11(13)14)6-10(8)12-3/h5-6,12H,4H2,1-3H3,(H,13,14). The topological polar surface area (TPSA) is 49.3 Å². The van der Waals surface area contributed by atoms with Gasteiger partial charge in [-0.15, -0.1) is 0 Å². The van der Waals surface area contributed by atoms with Crippen LogP contribution in [0.2, 0.25) is 0 Å². The molecule has 14 heavy (non-hydrogen) atoms. The molecule has 2 N–H and O–H groups in total. The maximum absolute atomic E-state index is 10.9. The molecular weight excluding hydrogens is 178 g/mol. The van der Waals surface area contributed by atoms with Gasteiger partial charge in [-0.3, -0.25) is 0 Å². The Balaban J connectivity index is 3.30. The van der Waals surface area contributed by atoms with Crippen LogP contribution in [-0.4, -0.2) is 18.1 Å². The number of aromatic carboxylic acids is 1. The van der Waals surface area contributed by atoms with Crippen molar-refractivity contribution in [2.45, 2.75) is 20.3 Å². The minimum Gasteiger partial charge on any atom is -0.478 e. The average molecular weight is 193 g/mol. The Morgan fingerprint density at radius 1 is 1.50 bits per heavy atom. The van der Waals surface area contributed by atoms with Crippen LogP contribution < -0.4 is 5.32 Å². The van der Waals surface area contributed by atoms with Gasteiger partial charge in [0.15, 0.2) is 0 Å². The van der Waals surface area contributed by atoms with E-state index in [0.717, 1.165) is 23.2 Å². The molecule has 0 spiro atoms. The Labute approximate surface area is 83.8 Å². The molecule has 0 saturated carbocycles. The molecule has 0 atom stereocenters. The van der Waals surface area contributed by atoms with Crippen molar-refractivity contribution >= 4 is 11.7 Å². The summed E-state index contributed by atoms with van der Waals surface area (Å²) in [7, 11) is 1.80. The number of hydrogen-bond donors (Lipinski definition) is 2. The third-order valence-electron chi connectivity index (χ3n) is 2.33. The maximum atomic E-state index is 10.9. The molecule has 0 heterocycles. The van der Waals surface area contributed by atoms with Crippen LogP contribution in [0.5, 0.6) is 0 Å². The second-order valence-corrected chi connectivity index (χ2v) is 3.23. The van der Waals surface area contributed by atoms with E-state index in [1.165, 1.54) is 0 Å². The van der Waals surface area contributed by atoms with Gasteiger partial charge in [0.25, 0.3) is 0 Å². The molecule has 0 bridgehead atoms. The van der Waals surface area contributed by atoms with E-state index in [1.54, 1.807) is 13.1 Å². The highest BCUT2D eigenvalue weighted by molar-refractivity contribution is 5.91. The molecule has 3 nitrogen and oxygen atoms in total.